The molecule has 4 rings (SSSR count). The number of aryl methyl sites for hydroxylation is 1. The van der Waals surface area contributed by atoms with Crippen molar-refractivity contribution in [1.29, 1.82) is 0 Å². The quantitative estimate of drug-likeness (QED) is 0.308. The number of hydrogen-bond donors (Lipinski definition) is 1. The Morgan fingerprint density at radius 2 is 1.85 bits per heavy atom. The van der Waals surface area contributed by atoms with Gasteiger partial charge in [-0.05, 0) is 41.5 Å². The summed E-state index contributed by atoms with van der Waals surface area (Å²) in [4.78, 5) is 16.9. The predicted octanol–water partition coefficient (Wildman–Crippen LogP) is 5.11. The third-order valence-corrected chi connectivity index (χ3v) is 4.66. The summed E-state index contributed by atoms with van der Waals surface area (Å²) in [5.74, 6) is -0.274. The molecule has 3 aromatic carbocycles. The van der Waals surface area contributed by atoms with Crippen LogP contribution in [0, 0.1) is 6.92 Å². The topological polar surface area (TPSA) is 54.4 Å². The van der Waals surface area contributed by atoms with Crippen LogP contribution in [0.5, 0.6) is 0 Å². The number of rotatable bonds is 3. The number of pyridine rings is 1. The summed E-state index contributed by atoms with van der Waals surface area (Å²) in [7, 11) is 0. The minimum Gasteiger partial charge on any atom is -0.267 e. The molecule has 5 heteroatoms. The fraction of sp³-hybridized carbons (Fsp3) is 0.0455. The summed E-state index contributed by atoms with van der Waals surface area (Å²) in [6, 6.07) is 21.2. The number of nitrogens with one attached hydrogen (secondary N) is 1. The lowest BCUT2D eigenvalue weighted by molar-refractivity contribution is 0.0957. The molecule has 27 heavy (non-hydrogen) atoms. The summed E-state index contributed by atoms with van der Waals surface area (Å²) < 4.78 is 0. The fourth-order valence-corrected chi connectivity index (χ4v) is 3.20. The Morgan fingerprint density at radius 1 is 1.04 bits per heavy atom. The van der Waals surface area contributed by atoms with E-state index in [0.717, 1.165) is 27.2 Å². The monoisotopic (exact) mass is 373 g/mol. The third-order valence-electron chi connectivity index (χ3n) is 4.36. The van der Waals surface area contributed by atoms with Gasteiger partial charge in [0.1, 0.15) is 5.15 Å². The molecule has 0 bridgehead atoms. The molecule has 1 N–H and O–H groups in total. The lowest BCUT2D eigenvalue weighted by Gasteiger charge is -2.05. The summed E-state index contributed by atoms with van der Waals surface area (Å²) in [5.41, 5.74) is 5.74. The van der Waals surface area contributed by atoms with Gasteiger partial charge in [0.15, 0.2) is 0 Å². The molecule has 0 unspecified atom stereocenters. The van der Waals surface area contributed by atoms with Crippen molar-refractivity contribution < 1.29 is 4.79 Å². The highest BCUT2D eigenvalue weighted by atomic mass is 35.5. The van der Waals surface area contributed by atoms with Gasteiger partial charge in [-0.25, -0.2) is 10.4 Å². The first-order valence-corrected chi connectivity index (χ1v) is 8.88. The van der Waals surface area contributed by atoms with Crippen LogP contribution in [0.2, 0.25) is 5.15 Å². The zero-order chi connectivity index (χ0) is 18.8. The third kappa shape index (κ3) is 3.52. The standard InChI is InChI=1S/C22H16ClN3O/c1-14-9-10-16-12-17(21(23)25-20(16)11-14)13-24-26-22(27)19-8-4-6-15-5-2-3-7-18(15)19/h2-13H,1H3,(H,26,27)/b24-13-. The Hall–Kier alpha value is -3.24. The Labute approximate surface area is 161 Å². The summed E-state index contributed by atoms with van der Waals surface area (Å²) >= 11 is 6.25. The van der Waals surface area contributed by atoms with Gasteiger partial charge in [-0.2, -0.15) is 5.10 Å². The second kappa shape index (κ2) is 7.17. The lowest BCUT2D eigenvalue weighted by Crippen LogP contribution is -2.18. The number of hydrazone groups is 1. The van der Waals surface area contributed by atoms with Gasteiger partial charge >= 0.3 is 0 Å². The lowest BCUT2D eigenvalue weighted by atomic mass is 10.0. The van der Waals surface area contributed by atoms with Crippen LogP contribution in [0.1, 0.15) is 21.5 Å². The van der Waals surface area contributed by atoms with Crippen LogP contribution in [0.4, 0.5) is 0 Å². The van der Waals surface area contributed by atoms with Gasteiger partial charge < -0.3 is 0 Å². The average Bonchev–Trinajstić information content (AvgIpc) is 2.68. The molecular weight excluding hydrogens is 358 g/mol. The first-order chi connectivity index (χ1) is 13.1. The molecule has 4 nitrogen and oxygen atoms in total. The molecule has 0 aliphatic rings. The van der Waals surface area contributed by atoms with E-state index in [1.165, 1.54) is 6.21 Å². The van der Waals surface area contributed by atoms with E-state index in [-0.39, 0.29) is 5.91 Å². The van der Waals surface area contributed by atoms with Crippen LogP contribution in [-0.2, 0) is 0 Å². The maximum Gasteiger partial charge on any atom is 0.271 e. The van der Waals surface area contributed by atoms with Crippen LogP contribution in [0.15, 0.2) is 71.8 Å². The smallest absolute Gasteiger partial charge is 0.267 e. The second-order valence-corrected chi connectivity index (χ2v) is 6.65. The fourth-order valence-electron chi connectivity index (χ4n) is 3.00. The Morgan fingerprint density at radius 3 is 2.74 bits per heavy atom. The number of amides is 1. The van der Waals surface area contributed by atoms with Gasteiger partial charge in [0.05, 0.1) is 11.7 Å². The van der Waals surface area contributed by atoms with Crippen molar-refractivity contribution >= 4 is 45.4 Å². The molecule has 0 spiro atoms. The second-order valence-electron chi connectivity index (χ2n) is 6.29. The Kier molecular flexibility index (Phi) is 4.57. The molecule has 1 aromatic heterocycles. The van der Waals surface area contributed by atoms with Crippen molar-refractivity contribution in [3.8, 4) is 0 Å². The van der Waals surface area contributed by atoms with Gasteiger partial charge in [0.2, 0.25) is 0 Å². The van der Waals surface area contributed by atoms with Crippen molar-refractivity contribution in [2.45, 2.75) is 6.92 Å². The normalized spacial score (nSPS) is 11.3. The van der Waals surface area contributed by atoms with E-state index in [2.05, 4.69) is 15.5 Å². The molecule has 4 aromatic rings. The zero-order valence-corrected chi connectivity index (χ0v) is 15.4. The van der Waals surface area contributed by atoms with Gasteiger partial charge in [-0.3, -0.25) is 4.79 Å². The number of nitrogens with zero attached hydrogens (tertiary/aromatic N) is 2. The minimum atomic E-state index is -0.274. The van der Waals surface area contributed by atoms with E-state index in [9.17, 15) is 4.79 Å². The molecule has 0 atom stereocenters. The summed E-state index contributed by atoms with van der Waals surface area (Å²) in [6.45, 7) is 2.01. The van der Waals surface area contributed by atoms with Crippen LogP contribution in [-0.4, -0.2) is 17.1 Å². The van der Waals surface area contributed by atoms with Gasteiger partial charge in [-0.15, -0.1) is 0 Å². The zero-order valence-electron chi connectivity index (χ0n) is 14.6. The number of carbonyl (C=O) groups excluding carboxylic acids is 1. The predicted molar refractivity (Wildman–Crippen MR) is 110 cm³/mol. The maximum atomic E-state index is 12.5. The molecule has 0 fully saturated rings. The molecular formula is C22H16ClN3O. The van der Waals surface area contributed by atoms with Crippen molar-refractivity contribution in [1.82, 2.24) is 10.4 Å². The van der Waals surface area contributed by atoms with E-state index < -0.39 is 0 Å². The van der Waals surface area contributed by atoms with Gasteiger partial charge in [0.25, 0.3) is 5.91 Å². The first-order valence-electron chi connectivity index (χ1n) is 8.50. The van der Waals surface area contributed by atoms with E-state index in [1.54, 1.807) is 6.07 Å². The molecule has 0 saturated heterocycles. The molecule has 1 heterocycles. The molecule has 0 aliphatic heterocycles. The van der Waals surface area contributed by atoms with Crippen LogP contribution >= 0.6 is 11.6 Å². The first kappa shape index (κ1) is 17.2. The highest BCUT2D eigenvalue weighted by Crippen LogP contribution is 2.21. The summed E-state index contributed by atoms with van der Waals surface area (Å²) in [6.07, 6.45) is 1.51. The van der Waals surface area contributed by atoms with Crippen LogP contribution < -0.4 is 5.43 Å². The average molecular weight is 374 g/mol. The Balaban J connectivity index is 1.58. The molecule has 0 radical (unpaired) electrons. The largest absolute Gasteiger partial charge is 0.271 e. The van der Waals surface area contributed by atoms with Crippen LogP contribution in [0.25, 0.3) is 21.7 Å². The van der Waals surface area contributed by atoms with E-state index in [4.69, 9.17) is 11.6 Å². The van der Waals surface area contributed by atoms with Crippen molar-refractivity contribution in [3.63, 3.8) is 0 Å². The SMILES string of the molecule is Cc1ccc2cc(/C=N\NC(=O)c3cccc4ccccc34)c(Cl)nc2c1. The number of hydrogen-bond acceptors (Lipinski definition) is 3. The van der Waals surface area contributed by atoms with Crippen molar-refractivity contribution in [2.75, 3.05) is 0 Å². The minimum absolute atomic E-state index is 0.274. The van der Waals surface area contributed by atoms with E-state index >= 15 is 0 Å². The van der Waals surface area contributed by atoms with E-state index in [1.807, 2.05) is 67.6 Å². The van der Waals surface area contributed by atoms with Crippen LogP contribution in [0.3, 0.4) is 0 Å². The number of fused-ring (bicyclic) bond motifs is 2. The highest BCUT2D eigenvalue weighted by molar-refractivity contribution is 6.32. The molecule has 0 saturated carbocycles. The highest BCUT2D eigenvalue weighted by Gasteiger charge is 2.09. The molecule has 0 aliphatic carbocycles. The Bertz CT molecular complexity index is 1200. The number of aromatic nitrogens is 1. The maximum absolute atomic E-state index is 12.5. The van der Waals surface area contributed by atoms with Crippen molar-refractivity contribution in [3.05, 3.63) is 88.6 Å². The molecule has 1 amide bonds. The summed E-state index contributed by atoms with van der Waals surface area (Å²) in [5, 5.41) is 7.26. The van der Waals surface area contributed by atoms with Crippen molar-refractivity contribution in [2.24, 2.45) is 5.10 Å². The number of carbonyl (C=O) groups is 1. The number of benzene rings is 3. The van der Waals surface area contributed by atoms with E-state index in [0.29, 0.717) is 16.3 Å². The molecule has 132 valence electrons. The van der Waals surface area contributed by atoms with Gasteiger partial charge in [-0.1, -0.05) is 60.1 Å². The number of halogens is 1. The van der Waals surface area contributed by atoms with Gasteiger partial charge in [0, 0.05) is 16.5 Å².